The van der Waals surface area contributed by atoms with E-state index in [0.717, 1.165) is 22.7 Å². The highest BCUT2D eigenvalue weighted by molar-refractivity contribution is 7.17. The maximum Gasteiger partial charge on any atom is 0.272 e. The molecule has 3 aromatic heterocycles. The highest BCUT2D eigenvalue weighted by atomic mass is 32.1. The Bertz CT molecular complexity index is 1370. The minimum atomic E-state index is -0.146. The molecule has 32 heavy (non-hydrogen) atoms. The average Bonchev–Trinajstić information content (AvgIpc) is 3.44. The van der Waals surface area contributed by atoms with E-state index in [1.807, 2.05) is 41.0 Å². The van der Waals surface area contributed by atoms with Crippen molar-refractivity contribution in [2.75, 3.05) is 13.2 Å². The number of rotatable bonds is 6. The number of amides is 1. The van der Waals surface area contributed by atoms with Crippen LogP contribution in [0.1, 0.15) is 37.2 Å². The molecule has 1 amide bonds. The van der Waals surface area contributed by atoms with Crippen molar-refractivity contribution < 1.29 is 14.3 Å². The van der Waals surface area contributed by atoms with Crippen LogP contribution in [0.4, 0.5) is 0 Å². The van der Waals surface area contributed by atoms with Crippen molar-refractivity contribution in [3.8, 4) is 11.5 Å². The molecule has 1 N–H and O–H groups in total. The molecule has 0 radical (unpaired) electrons. The van der Waals surface area contributed by atoms with Gasteiger partial charge in [0, 0.05) is 19.9 Å². The summed E-state index contributed by atoms with van der Waals surface area (Å²) in [5, 5.41) is 13.4. The molecule has 0 bridgehead atoms. The maximum atomic E-state index is 12.5. The van der Waals surface area contributed by atoms with Gasteiger partial charge in [0.05, 0.1) is 11.6 Å². The van der Waals surface area contributed by atoms with Crippen molar-refractivity contribution in [3.63, 3.8) is 0 Å². The molecule has 9 nitrogen and oxygen atoms in total. The van der Waals surface area contributed by atoms with Crippen molar-refractivity contribution >= 4 is 33.2 Å². The molecule has 1 aromatic carbocycles. The molecule has 1 aliphatic rings. The van der Waals surface area contributed by atoms with Crippen LogP contribution < -0.4 is 20.3 Å². The highest BCUT2D eigenvalue weighted by Gasteiger charge is 2.18. The zero-order valence-corrected chi connectivity index (χ0v) is 18.6. The van der Waals surface area contributed by atoms with E-state index >= 15 is 0 Å². The predicted octanol–water partition coefficient (Wildman–Crippen LogP) is 2.61. The highest BCUT2D eigenvalue weighted by Crippen LogP contribution is 2.32. The molecule has 0 fully saturated rings. The van der Waals surface area contributed by atoms with E-state index in [-0.39, 0.29) is 17.5 Å². The fraction of sp³-hybridized carbons (Fsp3) is 0.364. The van der Waals surface area contributed by atoms with E-state index in [2.05, 4.69) is 15.5 Å². The number of carbonyl (C=O) groups excluding carboxylic acids is 1. The summed E-state index contributed by atoms with van der Waals surface area (Å²) in [5.74, 6) is 2.66. The second kappa shape index (κ2) is 8.27. The van der Waals surface area contributed by atoms with Crippen LogP contribution >= 0.6 is 11.3 Å². The molecule has 0 saturated heterocycles. The molecule has 1 unspecified atom stereocenters. The fourth-order valence-corrected chi connectivity index (χ4v) is 4.80. The Morgan fingerprint density at radius 1 is 1.22 bits per heavy atom. The standard InChI is InChI=1S/C22H23N5O4S/c1-13(14-6-7-16-17(12-14)31-10-9-30-16)23-19(28)5-3-4-18-24-25-22-26(2)21(29)20-15(27(18)22)8-11-32-20/h6-8,11-13H,3-5,9-10H2,1-2H3,(H,23,28). The van der Waals surface area contributed by atoms with Gasteiger partial charge in [-0.2, -0.15) is 0 Å². The Morgan fingerprint density at radius 2 is 2.03 bits per heavy atom. The van der Waals surface area contributed by atoms with Gasteiger partial charge in [-0.05, 0) is 42.5 Å². The first-order valence-electron chi connectivity index (χ1n) is 10.5. The molecule has 1 aliphatic heterocycles. The number of carbonyl (C=O) groups is 1. The summed E-state index contributed by atoms with van der Waals surface area (Å²) in [4.78, 5) is 25.0. The van der Waals surface area contributed by atoms with E-state index in [4.69, 9.17) is 9.47 Å². The summed E-state index contributed by atoms with van der Waals surface area (Å²) < 4.78 is 15.3. The molecule has 10 heteroatoms. The van der Waals surface area contributed by atoms with E-state index in [0.29, 0.717) is 48.7 Å². The maximum absolute atomic E-state index is 12.5. The predicted molar refractivity (Wildman–Crippen MR) is 121 cm³/mol. The number of hydrogen-bond acceptors (Lipinski definition) is 7. The zero-order valence-electron chi connectivity index (χ0n) is 17.8. The van der Waals surface area contributed by atoms with Gasteiger partial charge in [0.15, 0.2) is 11.5 Å². The molecule has 5 rings (SSSR count). The van der Waals surface area contributed by atoms with Gasteiger partial charge in [0.25, 0.3) is 5.56 Å². The summed E-state index contributed by atoms with van der Waals surface area (Å²) in [5.41, 5.74) is 1.70. The second-order valence-electron chi connectivity index (χ2n) is 7.80. The van der Waals surface area contributed by atoms with Gasteiger partial charge in [0.1, 0.15) is 23.7 Å². The van der Waals surface area contributed by atoms with Gasteiger partial charge in [-0.15, -0.1) is 21.5 Å². The van der Waals surface area contributed by atoms with E-state index in [9.17, 15) is 9.59 Å². The van der Waals surface area contributed by atoms with Gasteiger partial charge in [-0.25, -0.2) is 0 Å². The summed E-state index contributed by atoms with van der Waals surface area (Å²) in [6.45, 7) is 3.03. The van der Waals surface area contributed by atoms with Crippen LogP contribution in [0, 0.1) is 0 Å². The van der Waals surface area contributed by atoms with Crippen molar-refractivity contribution in [2.24, 2.45) is 7.05 Å². The van der Waals surface area contributed by atoms with Gasteiger partial charge in [-0.1, -0.05) is 6.07 Å². The molecule has 166 valence electrons. The fourth-order valence-electron chi connectivity index (χ4n) is 3.95. The average molecular weight is 454 g/mol. The van der Waals surface area contributed by atoms with Gasteiger partial charge < -0.3 is 14.8 Å². The van der Waals surface area contributed by atoms with Gasteiger partial charge in [0.2, 0.25) is 11.7 Å². The van der Waals surface area contributed by atoms with Crippen LogP contribution in [-0.2, 0) is 18.3 Å². The Labute approximate surface area is 187 Å². The van der Waals surface area contributed by atoms with Crippen molar-refractivity contribution in [1.82, 2.24) is 24.5 Å². The number of benzene rings is 1. The Hall–Kier alpha value is -3.40. The normalized spacial score (nSPS) is 14.1. The summed E-state index contributed by atoms with van der Waals surface area (Å²) in [7, 11) is 1.70. The number of nitrogens with one attached hydrogen (secondary N) is 1. The first-order valence-corrected chi connectivity index (χ1v) is 11.4. The monoisotopic (exact) mass is 453 g/mol. The third-order valence-electron chi connectivity index (χ3n) is 5.65. The lowest BCUT2D eigenvalue weighted by Gasteiger charge is -2.21. The van der Waals surface area contributed by atoms with Crippen molar-refractivity contribution in [3.05, 3.63) is 51.4 Å². The molecule has 0 saturated carbocycles. The lowest BCUT2D eigenvalue weighted by molar-refractivity contribution is -0.121. The minimum Gasteiger partial charge on any atom is -0.486 e. The smallest absolute Gasteiger partial charge is 0.272 e. The Kier molecular flexibility index (Phi) is 5.30. The third-order valence-corrected chi connectivity index (χ3v) is 6.54. The van der Waals surface area contributed by atoms with Crippen LogP contribution in [0.3, 0.4) is 0 Å². The molecular weight excluding hydrogens is 430 g/mol. The minimum absolute atomic E-state index is 0.0331. The molecule has 4 aromatic rings. The summed E-state index contributed by atoms with van der Waals surface area (Å²) in [6, 6.07) is 7.49. The Morgan fingerprint density at radius 3 is 2.88 bits per heavy atom. The van der Waals surface area contributed by atoms with E-state index in [1.165, 1.54) is 15.9 Å². The van der Waals surface area contributed by atoms with Crippen molar-refractivity contribution in [1.29, 1.82) is 0 Å². The Balaban J connectivity index is 1.24. The number of fused-ring (bicyclic) bond motifs is 4. The number of ether oxygens (including phenoxy) is 2. The largest absolute Gasteiger partial charge is 0.486 e. The second-order valence-corrected chi connectivity index (χ2v) is 8.71. The first-order chi connectivity index (χ1) is 15.5. The number of nitrogens with zero attached hydrogens (tertiary/aromatic N) is 4. The SMILES string of the molecule is CC(NC(=O)CCCc1nnc2n(C)c(=O)c3sccc3n12)c1ccc2c(c1)OCCO2. The molecule has 4 heterocycles. The van der Waals surface area contributed by atoms with Crippen LogP contribution in [0.15, 0.2) is 34.4 Å². The quantitative estimate of drug-likeness (QED) is 0.482. The topological polar surface area (TPSA) is 99.8 Å². The molecule has 0 aliphatic carbocycles. The van der Waals surface area contributed by atoms with Gasteiger partial charge in [-0.3, -0.25) is 18.6 Å². The number of aryl methyl sites for hydroxylation is 2. The number of hydrogen-bond donors (Lipinski definition) is 1. The molecular formula is C22H23N5O4S. The van der Waals surface area contributed by atoms with Crippen LogP contribution in [0.5, 0.6) is 11.5 Å². The molecule has 0 spiro atoms. The van der Waals surface area contributed by atoms with Gasteiger partial charge >= 0.3 is 0 Å². The van der Waals surface area contributed by atoms with E-state index in [1.54, 1.807) is 7.05 Å². The number of aromatic nitrogens is 4. The lowest BCUT2D eigenvalue weighted by Crippen LogP contribution is -2.26. The zero-order chi connectivity index (χ0) is 22.2. The van der Waals surface area contributed by atoms with Crippen LogP contribution in [0.25, 0.3) is 16.0 Å². The lowest BCUT2D eigenvalue weighted by atomic mass is 10.1. The molecule has 1 atom stereocenters. The summed E-state index contributed by atoms with van der Waals surface area (Å²) in [6.07, 6.45) is 1.56. The van der Waals surface area contributed by atoms with Crippen LogP contribution in [-0.4, -0.2) is 38.3 Å². The van der Waals surface area contributed by atoms with Crippen LogP contribution in [0.2, 0.25) is 0 Å². The first kappa shape index (κ1) is 20.5. The third kappa shape index (κ3) is 3.60. The number of thiophene rings is 1. The summed E-state index contributed by atoms with van der Waals surface area (Å²) >= 11 is 1.41. The van der Waals surface area contributed by atoms with Crippen molar-refractivity contribution in [2.45, 2.75) is 32.2 Å². The van der Waals surface area contributed by atoms with E-state index < -0.39 is 0 Å².